The normalized spacial score (nSPS) is 22.8. The molecule has 2 fully saturated rings. The van der Waals surface area contributed by atoms with Gasteiger partial charge in [0.2, 0.25) is 0 Å². The highest BCUT2D eigenvalue weighted by molar-refractivity contribution is 7.90. The Bertz CT molecular complexity index is 795. The van der Waals surface area contributed by atoms with Gasteiger partial charge in [0.05, 0.1) is 16.9 Å². The molecule has 144 valence electrons. The van der Waals surface area contributed by atoms with Crippen LogP contribution in [0, 0.1) is 11.6 Å². The molecule has 0 unspecified atom stereocenters. The number of hydrogen-bond acceptors (Lipinski definition) is 4. The van der Waals surface area contributed by atoms with Gasteiger partial charge < -0.3 is 9.31 Å². The lowest BCUT2D eigenvalue weighted by Crippen LogP contribution is -2.41. The van der Waals surface area contributed by atoms with Crippen LogP contribution in [0.3, 0.4) is 0 Å². The van der Waals surface area contributed by atoms with Crippen LogP contribution < -0.4 is 10.2 Å². The fraction of sp³-hybridized carbons (Fsp3) is 0.625. The number of anilines is 1. The molecule has 0 atom stereocenters. The van der Waals surface area contributed by atoms with Gasteiger partial charge in [-0.05, 0) is 46.6 Å². The van der Waals surface area contributed by atoms with Crippen molar-refractivity contribution in [3.8, 4) is 0 Å². The molecule has 26 heavy (non-hydrogen) atoms. The molecule has 2 aliphatic rings. The molecule has 2 saturated heterocycles. The van der Waals surface area contributed by atoms with Crippen LogP contribution in [-0.4, -0.2) is 44.1 Å². The maximum atomic E-state index is 15.0. The maximum Gasteiger partial charge on any atom is 0.498 e. The van der Waals surface area contributed by atoms with Crippen molar-refractivity contribution in [1.29, 1.82) is 0 Å². The van der Waals surface area contributed by atoms with Gasteiger partial charge in [-0.25, -0.2) is 8.78 Å². The Balaban J connectivity index is 1.93. The first kappa shape index (κ1) is 19.5. The smallest absolute Gasteiger partial charge is 0.399 e. The van der Waals surface area contributed by atoms with E-state index in [1.54, 1.807) is 27.7 Å². The molecule has 0 amide bonds. The Morgan fingerprint density at radius 3 is 2.15 bits per heavy atom. The molecular weight excluding hydrogens is 365 g/mol. The van der Waals surface area contributed by atoms with Crippen LogP contribution in [0.15, 0.2) is 12.1 Å². The first-order valence-electron chi connectivity index (χ1n) is 8.55. The Labute approximate surface area is 153 Å². The summed E-state index contributed by atoms with van der Waals surface area (Å²) in [4.78, 5) is 0. The molecule has 0 radical (unpaired) electrons. The minimum Gasteiger partial charge on any atom is -0.399 e. The average molecular weight is 388 g/mol. The molecule has 1 N–H and O–H groups in total. The van der Waals surface area contributed by atoms with Gasteiger partial charge in [0.15, 0.2) is 0 Å². The molecule has 2 heterocycles. The van der Waals surface area contributed by atoms with Gasteiger partial charge in [0.25, 0.3) is 0 Å². The van der Waals surface area contributed by atoms with Crippen LogP contribution in [0.4, 0.5) is 14.5 Å². The predicted molar refractivity (Wildman–Crippen MR) is 95.4 cm³/mol. The van der Waals surface area contributed by atoms with E-state index in [4.69, 9.17) is 9.31 Å². The monoisotopic (exact) mass is 388 g/mol. The fourth-order valence-electron chi connectivity index (χ4n) is 2.96. The molecule has 0 bridgehead atoms. The van der Waals surface area contributed by atoms with Gasteiger partial charge in [-0.3, -0.25) is 4.72 Å². The van der Waals surface area contributed by atoms with Crippen molar-refractivity contribution in [2.75, 3.05) is 17.8 Å². The second kappa shape index (κ2) is 6.44. The van der Waals surface area contributed by atoms with E-state index in [0.717, 1.165) is 25.0 Å². The molecule has 1 aromatic rings. The maximum absolute atomic E-state index is 15.0. The summed E-state index contributed by atoms with van der Waals surface area (Å²) in [5, 5.41) is 0. The Morgan fingerprint density at radius 2 is 1.62 bits per heavy atom. The minimum absolute atomic E-state index is 0.178. The first-order chi connectivity index (χ1) is 11.9. The van der Waals surface area contributed by atoms with E-state index >= 15 is 0 Å². The summed E-state index contributed by atoms with van der Waals surface area (Å²) in [5.74, 6) is -1.69. The highest BCUT2D eigenvalue weighted by Crippen LogP contribution is 2.37. The SMILES string of the molecule is CC1(C)OB(c2cc(F)cc(NS(=O)(=O)N3CCCC3)c2F)OC1(C)C. The van der Waals surface area contributed by atoms with Crippen LogP contribution in [-0.2, 0) is 19.5 Å². The lowest BCUT2D eigenvalue weighted by Gasteiger charge is -2.32. The fourth-order valence-corrected chi connectivity index (χ4v) is 4.25. The van der Waals surface area contributed by atoms with Crippen LogP contribution in [0.1, 0.15) is 40.5 Å². The summed E-state index contributed by atoms with van der Waals surface area (Å²) in [5.41, 5.74) is -2.10. The topological polar surface area (TPSA) is 67.9 Å². The summed E-state index contributed by atoms with van der Waals surface area (Å²) in [6, 6.07) is 1.78. The quantitative estimate of drug-likeness (QED) is 0.802. The number of nitrogens with zero attached hydrogens (tertiary/aromatic N) is 1. The minimum atomic E-state index is -3.94. The molecule has 0 saturated carbocycles. The molecule has 0 spiro atoms. The zero-order chi connectivity index (χ0) is 19.3. The third-order valence-corrected chi connectivity index (χ3v) is 6.74. The van der Waals surface area contributed by atoms with Crippen molar-refractivity contribution in [2.24, 2.45) is 0 Å². The Kier molecular flexibility index (Phi) is 4.84. The summed E-state index contributed by atoms with van der Waals surface area (Å²) in [7, 11) is -5.08. The lowest BCUT2D eigenvalue weighted by atomic mass is 9.78. The largest absolute Gasteiger partial charge is 0.498 e. The van der Waals surface area contributed by atoms with E-state index in [9.17, 15) is 17.2 Å². The third kappa shape index (κ3) is 3.47. The molecule has 6 nitrogen and oxygen atoms in total. The van der Waals surface area contributed by atoms with E-state index in [-0.39, 0.29) is 5.46 Å². The second-order valence-corrected chi connectivity index (χ2v) is 9.33. The molecule has 10 heteroatoms. The highest BCUT2D eigenvalue weighted by Gasteiger charge is 2.52. The number of halogens is 2. The van der Waals surface area contributed by atoms with Crippen molar-refractivity contribution in [2.45, 2.75) is 51.7 Å². The number of hydrogen-bond donors (Lipinski definition) is 1. The van der Waals surface area contributed by atoms with Crippen molar-refractivity contribution >= 4 is 28.5 Å². The van der Waals surface area contributed by atoms with Crippen LogP contribution in [0.2, 0.25) is 0 Å². The number of nitrogens with one attached hydrogen (secondary N) is 1. The van der Waals surface area contributed by atoms with Gasteiger partial charge in [0.1, 0.15) is 11.6 Å². The second-order valence-electron chi connectivity index (χ2n) is 7.66. The summed E-state index contributed by atoms with van der Waals surface area (Å²) in [6.45, 7) is 7.89. The summed E-state index contributed by atoms with van der Waals surface area (Å²) in [6.07, 6.45) is 1.48. The molecule has 2 aliphatic heterocycles. The molecule has 0 aliphatic carbocycles. The Hall–Kier alpha value is -1.23. The first-order valence-corrected chi connectivity index (χ1v) is 9.99. The zero-order valence-corrected chi connectivity index (χ0v) is 16.1. The van der Waals surface area contributed by atoms with E-state index in [0.29, 0.717) is 13.1 Å². The van der Waals surface area contributed by atoms with Gasteiger partial charge in [-0.1, -0.05) is 0 Å². The molecule has 3 rings (SSSR count). The van der Waals surface area contributed by atoms with Gasteiger partial charge in [-0.15, -0.1) is 0 Å². The standard InChI is InChI=1S/C16H23BF2N2O4S/c1-15(2)16(3,4)25-17(24-15)12-9-11(18)10-13(14(12)19)20-26(22,23)21-7-5-6-8-21/h9-10,20H,5-8H2,1-4H3. The van der Waals surface area contributed by atoms with E-state index in [2.05, 4.69) is 4.72 Å². The van der Waals surface area contributed by atoms with Crippen molar-refractivity contribution in [1.82, 2.24) is 4.31 Å². The zero-order valence-electron chi connectivity index (χ0n) is 15.3. The molecule has 0 aromatic heterocycles. The lowest BCUT2D eigenvalue weighted by molar-refractivity contribution is 0.00578. The van der Waals surface area contributed by atoms with E-state index in [1.165, 1.54) is 4.31 Å². The third-order valence-electron chi connectivity index (χ3n) is 5.22. The highest BCUT2D eigenvalue weighted by atomic mass is 32.2. The van der Waals surface area contributed by atoms with Crippen molar-refractivity contribution < 1.29 is 26.5 Å². The summed E-state index contributed by atoms with van der Waals surface area (Å²) >= 11 is 0. The van der Waals surface area contributed by atoms with Gasteiger partial charge in [-0.2, -0.15) is 12.7 Å². The van der Waals surface area contributed by atoms with E-state index < -0.39 is 45.9 Å². The van der Waals surface area contributed by atoms with Crippen molar-refractivity contribution in [3.63, 3.8) is 0 Å². The Morgan fingerprint density at radius 1 is 1.08 bits per heavy atom. The molecular formula is C16H23BF2N2O4S. The van der Waals surface area contributed by atoms with Gasteiger partial charge >= 0.3 is 17.3 Å². The average Bonchev–Trinajstić information content (AvgIpc) is 3.10. The number of benzene rings is 1. The summed E-state index contributed by atoms with van der Waals surface area (Å²) < 4.78 is 68.6. The van der Waals surface area contributed by atoms with Crippen molar-refractivity contribution in [3.05, 3.63) is 23.8 Å². The van der Waals surface area contributed by atoms with Crippen LogP contribution in [0.25, 0.3) is 0 Å². The number of rotatable bonds is 4. The predicted octanol–water partition coefficient (Wildman–Crippen LogP) is 2.02. The van der Waals surface area contributed by atoms with Crippen LogP contribution >= 0.6 is 0 Å². The van der Waals surface area contributed by atoms with Crippen LogP contribution in [0.5, 0.6) is 0 Å². The van der Waals surface area contributed by atoms with E-state index in [1.807, 2.05) is 0 Å². The van der Waals surface area contributed by atoms with Gasteiger partial charge in [0, 0.05) is 24.6 Å². The molecule has 1 aromatic carbocycles.